The highest BCUT2D eigenvalue weighted by molar-refractivity contribution is 5.97. The molecule has 29 heavy (non-hydrogen) atoms. The standard InChI is InChI=1S/C23H22N2O4/c1-24-14-19(21(26)18-9-2-3-10-20(18)24)22(27)25-11-5-8-17(13-25)15-6-4-7-16(12-15)23(28)29/h2-4,6-7,9-10,12,14,17H,5,8,11,13H2,1H3,(H,28,29)/t17-/m1/s1. The molecule has 6 heteroatoms. The van der Waals surface area contributed by atoms with Crippen LogP contribution in [0.3, 0.4) is 0 Å². The van der Waals surface area contributed by atoms with Crippen LogP contribution in [0.2, 0.25) is 0 Å². The van der Waals surface area contributed by atoms with E-state index in [2.05, 4.69) is 0 Å². The molecule has 0 bridgehead atoms. The van der Waals surface area contributed by atoms with Gasteiger partial charge in [-0.1, -0.05) is 24.3 Å². The number of nitrogens with zero attached hydrogens (tertiary/aromatic N) is 2. The molecule has 1 amide bonds. The number of hydrogen-bond acceptors (Lipinski definition) is 3. The molecule has 1 fully saturated rings. The Morgan fingerprint density at radius 1 is 1.10 bits per heavy atom. The van der Waals surface area contributed by atoms with Crippen molar-refractivity contribution in [2.45, 2.75) is 18.8 Å². The van der Waals surface area contributed by atoms with Gasteiger partial charge in [0.1, 0.15) is 5.56 Å². The molecule has 2 heterocycles. The summed E-state index contributed by atoms with van der Waals surface area (Å²) in [5, 5.41) is 9.77. The van der Waals surface area contributed by atoms with Crippen molar-refractivity contribution in [3.63, 3.8) is 0 Å². The van der Waals surface area contributed by atoms with Gasteiger partial charge in [0.05, 0.1) is 11.1 Å². The zero-order valence-corrected chi connectivity index (χ0v) is 16.2. The molecule has 4 rings (SSSR count). The van der Waals surface area contributed by atoms with E-state index < -0.39 is 5.97 Å². The molecule has 2 aromatic carbocycles. The van der Waals surface area contributed by atoms with Gasteiger partial charge in [-0.15, -0.1) is 0 Å². The molecule has 1 atom stereocenters. The second-order valence-corrected chi connectivity index (χ2v) is 7.52. The summed E-state index contributed by atoms with van der Waals surface area (Å²) in [4.78, 5) is 39.1. The summed E-state index contributed by atoms with van der Waals surface area (Å²) in [7, 11) is 1.83. The second-order valence-electron chi connectivity index (χ2n) is 7.52. The minimum atomic E-state index is -0.963. The third kappa shape index (κ3) is 3.53. The quantitative estimate of drug-likeness (QED) is 0.744. The highest BCUT2D eigenvalue weighted by Gasteiger charge is 2.27. The maximum absolute atomic E-state index is 13.2. The van der Waals surface area contributed by atoms with Gasteiger partial charge >= 0.3 is 5.97 Å². The normalized spacial score (nSPS) is 16.7. The minimum absolute atomic E-state index is 0.0521. The predicted octanol–water partition coefficient (Wildman–Crippen LogP) is 3.26. The van der Waals surface area contributed by atoms with Crippen LogP contribution in [-0.2, 0) is 7.05 Å². The lowest BCUT2D eigenvalue weighted by Gasteiger charge is -2.33. The van der Waals surface area contributed by atoms with E-state index in [9.17, 15) is 19.5 Å². The van der Waals surface area contributed by atoms with Crippen LogP contribution < -0.4 is 5.43 Å². The molecular formula is C23H22N2O4. The van der Waals surface area contributed by atoms with Crippen molar-refractivity contribution in [2.24, 2.45) is 7.05 Å². The third-order valence-electron chi connectivity index (χ3n) is 5.64. The number of carboxylic acids is 1. The number of hydrogen-bond donors (Lipinski definition) is 1. The van der Waals surface area contributed by atoms with Gasteiger partial charge in [-0.3, -0.25) is 9.59 Å². The summed E-state index contributed by atoms with van der Waals surface area (Å²) in [6, 6.07) is 14.1. The van der Waals surface area contributed by atoms with E-state index in [4.69, 9.17) is 0 Å². The number of amides is 1. The summed E-state index contributed by atoms with van der Waals surface area (Å²) in [5.74, 6) is -1.18. The second kappa shape index (κ2) is 7.54. The molecule has 0 radical (unpaired) electrons. The van der Waals surface area contributed by atoms with Crippen molar-refractivity contribution in [1.29, 1.82) is 0 Å². The zero-order chi connectivity index (χ0) is 20.5. The average Bonchev–Trinajstić information content (AvgIpc) is 2.76. The molecule has 1 N–H and O–H groups in total. The number of aromatic nitrogens is 1. The van der Waals surface area contributed by atoms with Crippen LogP contribution in [0.4, 0.5) is 0 Å². The summed E-state index contributed by atoms with van der Waals surface area (Å²) < 4.78 is 1.81. The molecule has 3 aromatic rings. The van der Waals surface area contributed by atoms with Crippen molar-refractivity contribution in [3.05, 3.63) is 81.6 Å². The number of carbonyl (C=O) groups excluding carboxylic acids is 1. The van der Waals surface area contributed by atoms with Crippen LogP contribution in [0.25, 0.3) is 10.9 Å². The first kappa shape index (κ1) is 18.9. The number of fused-ring (bicyclic) bond motifs is 1. The fraction of sp³-hybridized carbons (Fsp3) is 0.261. The molecule has 1 aliphatic rings. The number of piperidine rings is 1. The minimum Gasteiger partial charge on any atom is -0.478 e. The van der Waals surface area contributed by atoms with Crippen molar-refractivity contribution in [1.82, 2.24) is 9.47 Å². The monoisotopic (exact) mass is 390 g/mol. The summed E-state index contributed by atoms with van der Waals surface area (Å²) in [6.07, 6.45) is 3.30. The number of aromatic carboxylic acids is 1. The Hall–Kier alpha value is -3.41. The Bertz CT molecular complexity index is 1160. The zero-order valence-electron chi connectivity index (χ0n) is 16.2. The van der Waals surface area contributed by atoms with Crippen LogP contribution >= 0.6 is 0 Å². The lowest BCUT2D eigenvalue weighted by molar-refractivity contribution is 0.0687. The van der Waals surface area contributed by atoms with E-state index in [1.807, 2.05) is 29.8 Å². The van der Waals surface area contributed by atoms with Crippen LogP contribution in [0, 0.1) is 0 Å². The Morgan fingerprint density at radius 3 is 2.69 bits per heavy atom. The molecule has 0 spiro atoms. The first-order chi connectivity index (χ1) is 14.0. The molecule has 0 saturated carbocycles. The predicted molar refractivity (Wildman–Crippen MR) is 110 cm³/mol. The summed E-state index contributed by atoms with van der Waals surface area (Å²) in [6.45, 7) is 1.06. The van der Waals surface area contributed by atoms with Crippen LogP contribution in [0.5, 0.6) is 0 Å². The van der Waals surface area contributed by atoms with Gasteiger partial charge in [0.15, 0.2) is 0 Å². The number of likely N-dealkylation sites (tertiary alicyclic amines) is 1. The van der Waals surface area contributed by atoms with Gasteiger partial charge in [0.25, 0.3) is 5.91 Å². The van der Waals surface area contributed by atoms with Crippen molar-refractivity contribution >= 4 is 22.8 Å². The molecule has 0 unspecified atom stereocenters. The molecule has 0 aliphatic carbocycles. The van der Waals surface area contributed by atoms with Gasteiger partial charge in [0, 0.05) is 37.6 Å². The number of para-hydroxylation sites is 1. The summed E-state index contributed by atoms with van der Waals surface area (Å²) >= 11 is 0. The lowest BCUT2D eigenvalue weighted by atomic mass is 9.89. The van der Waals surface area contributed by atoms with Crippen LogP contribution in [-0.4, -0.2) is 39.5 Å². The smallest absolute Gasteiger partial charge is 0.335 e. The third-order valence-corrected chi connectivity index (χ3v) is 5.64. The van der Waals surface area contributed by atoms with Crippen LogP contribution in [0.1, 0.15) is 45.0 Å². The van der Waals surface area contributed by atoms with Gasteiger partial charge in [-0.25, -0.2) is 4.79 Å². The van der Waals surface area contributed by atoms with Crippen LogP contribution in [0.15, 0.2) is 59.5 Å². The Kier molecular flexibility index (Phi) is 4.92. The number of carbonyl (C=O) groups is 2. The molecule has 1 saturated heterocycles. The van der Waals surface area contributed by atoms with E-state index in [1.165, 1.54) is 0 Å². The lowest BCUT2D eigenvalue weighted by Crippen LogP contribution is -2.41. The van der Waals surface area contributed by atoms with E-state index in [-0.39, 0.29) is 28.4 Å². The van der Waals surface area contributed by atoms with Gasteiger partial charge in [-0.05, 0) is 42.7 Å². The van der Waals surface area contributed by atoms with Gasteiger partial charge in [-0.2, -0.15) is 0 Å². The SMILES string of the molecule is Cn1cc(C(=O)N2CCC[C@@H](c3cccc(C(=O)O)c3)C2)c(=O)c2ccccc21. The highest BCUT2D eigenvalue weighted by atomic mass is 16.4. The topological polar surface area (TPSA) is 79.6 Å². The number of benzene rings is 2. The first-order valence-corrected chi connectivity index (χ1v) is 9.66. The van der Waals surface area contributed by atoms with E-state index in [0.717, 1.165) is 23.9 Å². The Balaban J connectivity index is 1.64. The number of carboxylic acid groups (broad SMARTS) is 1. The maximum atomic E-state index is 13.2. The molecule has 6 nitrogen and oxygen atoms in total. The van der Waals surface area contributed by atoms with E-state index >= 15 is 0 Å². The van der Waals surface area contributed by atoms with Crippen molar-refractivity contribution < 1.29 is 14.7 Å². The number of pyridine rings is 1. The molecule has 1 aliphatic heterocycles. The van der Waals surface area contributed by atoms with E-state index in [1.54, 1.807) is 41.4 Å². The van der Waals surface area contributed by atoms with Gasteiger partial charge in [0.2, 0.25) is 5.43 Å². The van der Waals surface area contributed by atoms with E-state index in [0.29, 0.717) is 18.5 Å². The maximum Gasteiger partial charge on any atom is 0.335 e. The largest absolute Gasteiger partial charge is 0.478 e. The highest BCUT2D eigenvalue weighted by Crippen LogP contribution is 2.28. The van der Waals surface area contributed by atoms with Gasteiger partial charge < -0.3 is 14.6 Å². The van der Waals surface area contributed by atoms with Crippen molar-refractivity contribution in [2.75, 3.05) is 13.1 Å². The average molecular weight is 390 g/mol. The first-order valence-electron chi connectivity index (χ1n) is 9.66. The fourth-order valence-electron chi connectivity index (χ4n) is 4.12. The molecular weight excluding hydrogens is 368 g/mol. The number of aryl methyl sites for hydroxylation is 1. The van der Waals surface area contributed by atoms with Crippen molar-refractivity contribution in [3.8, 4) is 0 Å². The Labute approximate surface area is 168 Å². The number of rotatable bonds is 3. The molecule has 148 valence electrons. The Morgan fingerprint density at radius 2 is 1.90 bits per heavy atom. The molecule has 1 aromatic heterocycles. The summed E-state index contributed by atoms with van der Waals surface area (Å²) in [5.41, 5.74) is 1.86. The fourth-order valence-corrected chi connectivity index (χ4v) is 4.12.